The summed E-state index contributed by atoms with van der Waals surface area (Å²) in [5, 5.41) is 10.6. The lowest BCUT2D eigenvalue weighted by Crippen LogP contribution is -2.30. The van der Waals surface area contributed by atoms with E-state index in [1.165, 1.54) is 173 Å². The van der Waals surface area contributed by atoms with E-state index in [4.69, 9.17) is 37.0 Å². The van der Waals surface area contributed by atoms with Crippen molar-refractivity contribution in [2.24, 2.45) is 17.8 Å². The molecule has 17 nitrogen and oxygen atoms in total. The van der Waals surface area contributed by atoms with Crippen molar-refractivity contribution in [1.82, 2.24) is 0 Å². The van der Waals surface area contributed by atoms with Gasteiger partial charge in [0.05, 0.1) is 26.4 Å². The standard InChI is InChI=1S/C79H150O17P2/c1-8-9-10-11-12-13-14-15-18-22-29-34-39-48-55-62-78(83)95-74(66-89-76(81)60-53-46-38-33-28-25-24-27-32-37-44-51-58-71(4)5)68-93-97(85,86)91-64-73(80)65-92-98(87,88)94-69-75(67-90-77(82)61-54-47-42-41-45-52-59-72(6)7)96-79(84)63-56-49-40-35-30-23-20-17-16-19-21-26-31-36-43-50-57-70(2)3/h13-15,18,70-75,80H,8-12,16-17,19-69H2,1-7H3,(H,85,86)(H,87,88)/b14-13-,18-15-/t73?,74-,75-/m1/s1. The number of ether oxygens (including phenoxy) is 4. The van der Waals surface area contributed by atoms with Crippen molar-refractivity contribution >= 4 is 39.5 Å². The van der Waals surface area contributed by atoms with Crippen molar-refractivity contribution in [3.05, 3.63) is 24.3 Å². The monoisotopic (exact) mass is 1430 g/mol. The van der Waals surface area contributed by atoms with Gasteiger partial charge in [0.2, 0.25) is 0 Å². The zero-order chi connectivity index (χ0) is 72.3. The molecule has 0 fully saturated rings. The highest BCUT2D eigenvalue weighted by Gasteiger charge is 2.30. The Morgan fingerprint density at radius 3 is 0.827 bits per heavy atom. The van der Waals surface area contributed by atoms with Crippen LogP contribution in [-0.4, -0.2) is 96.7 Å². The number of esters is 4. The normalized spacial score (nSPS) is 14.2. The largest absolute Gasteiger partial charge is 0.472 e. The van der Waals surface area contributed by atoms with Crippen molar-refractivity contribution < 1.29 is 80.2 Å². The van der Waals surface area contributed by atoms with Gasteiger partial charge in [-0.15, -0.1) is 0 Å². The molecule has 0 bridgehead atoms. The number of hydrogen-bond acceptors (Lipinski definition) is 15. The molecule has 0 aliphatic carbocycles. The number of phosphoric acid groups is 2. The Kier molecular flexibility index (Phi) is 67.2. The number of phosphoric ester groups is 2. The molecule has 0 radical (unpaired) electrons. The Hall–Kier alpha value is -2.46. The van der Waals surface area contributed by atoms with Crippen molar-refractivity contribution in [1.29, 1.82) is 0 Å². The molecule has 0 amide bonds. The maximum Gasteiger partial charge on any atom is 0.472 e. The lowest BCUT2D eigenvalue weighted by molar-refractivity contribution is -0.161. The first-order valence-electron chi connectivity index (χ1n) is 40.2. The molecule has 0 aromatic rings. The van der Waals surface area contributed by atoms with Crippen LogP contribution in [0.4, 0.5) is 0 Å². The second-order valence-corrected chi connectivity index (χ2v) is 32.1. The molecule has 3 N–H and O–H groups in total. The fourth-order valence-corrected chi connectivity index (χ4v) is 13.2. The number of unbranched alkanes of at least 4 members (excludes halogenated alkanes) is 40. The van der Waals surface area contributed by atoms with E-state index in [1.807, 2.05) is 0 Å². The van der Waals surface area contributed by atoms with E-state index >= 15 is 0 Å². The number of rotatable bonds is 75. The van der Waals surface area contributed by atoms with E-state index in [9.17, 15) is 43.2 Å². The Balaban J connectivity index is 5.25. The minimum absolute atomic E-state index is 0.0848. The zero-order valence-electron chi connectivity index (χ0n) is 63.7. The molecule has 5 atom stereocenters. The number of carbonyl (C=O) groups excluding carboxylic acids is 4. The van der Waals surface area contributed by atoms with E-state index in [0.29, 0.717) is 31.6 Å². The summed E-state index contributed by atoms with van der Waals surface area (Å²) in [6.45, 7) is 11.8. The van der Waals surface area contributed by atoms with E-state index in [-0.39, 0.29) is 25.7 Å². The molecule has 0 saturated carbocycles. The van der Waals surface area contributed by atoms with Crippen molar-refractivity contribution in [2.75, 3.05) is 39.6 Å². The lowest BCUT2D eigenvalue weighted by atomic mass is 10.0. The van der Waals surface area contributed by atoms with Gasteiger partial charge in [0, 0.05) is 25.7 Å². The number of aliphatic hydroxyl groups is 1. The number of allylic oxidation sites excluding steroid dienone is 4. The van der Waals surface area contributed by atoms with E-state index in [1.54, 1.807) is 0 Å². The third-order valence-corrected chi connectivity index (χ3v) is 19.7. The Morgan fingerprint density at radius 1 is 0.316 bits per heavy atom. The van der Waals surface area contributed by atoms with Crippen molar-refractivity contribution in [3.8, 4) is 0 Å². The van der Waals surface area contributed by atoms with Crippen LogP contribution in [-0.2, 0) is 65.4 Å². The van der Waals surface area contributed by atoms with Gasteiger partial charge in [0.15, 0.2) is 12.2 Å². The van der Waals surface area contributed by atoms with Crippen LogP contribution in [0.25, 0.3) is 0 Å². The predicted molar refractivity (Wildman–Crippen MR) is 400 cm³/mol. The minimum Gasteiger partial charge on any atom is -0.462 e. The van der Waals surface area contributed by atoms with Gasteiger partial charge in [-0.3, -0.25) is 37.3 Å². The summed E-state index contributed by atoms with van der Waals surface area (Å²) in [4.78, 5) is 72.9. The molecule has 0 aromatic carbocycles. The predicted octanol–water partition coefficient (Wildman–Crippen LogP) is 22.9. The summed E-state index contributed by atoms with van der Waals surface area (Å²) in [5.41, 5.74) is 0. The van der Waals surface area contributed by atoms with E-state index in [2.05, 4.69) is 72.8 Å². The Morgan fingerprint density at radius 2 is 0.551 bits per heavy atom. The molecule has 0 heterocycles. The van der Waals surface area contributed by atoms with Crippen LogP contribution in [0.5, 0.6) is 0 Å². The van der Waals surface area contributed by atoms with Crippen LogP contribution in [0, 0.1) is 17.8 Å². The molecule has 0 aliphatic rings. The molecule has 0 saturated heterocycles. The molecule has 19 heteroatoms. The molecule has 0 aliphatic heterocycles. The SMILES string of the molecule is CCCCCC/C=C\C=C/CCCCCCCC(=O)O[C@H](COC(=O)CCCCCCCCCCCCCCC(C)C)COP(=O)(O)OCC(O)COP(=O)(O)OC[C@@H](COC(=O)CCCCCCCCC(C)C)OC(=O)CCCCCCCCCCCCCCCCCCC(C)C. The van der Waals surface area contributed by atoms with E-state index in [0.717, 1.165) is 121 Å². The highest BCUT2D eigenvalue weighted by Crippen LogP contribution is 2.45. The summed E-state index contributed by atoms with van der Waals surface area (Å²) < 4.78 is 68.5. The third kappa shape index (κ3) is 71.9. The topological polar surface area (TPSA) is 237 Å². The average Bonchev–Trinajstić information content (AvgIpc) is 0.951. The molecule has 3 unspecified atom stereocenters. The van der Waals surface area contributed by atoms with Gasteiger partial charge in [-0.2, -0.15) is 0 Å². The summed E-state index contributed by atoms with van der Waals surface area (Å²) in [5.74, 6) is 0.119. The van der Waals surface area contributed by atoms with Gasteiger partial charge in [-0.25, -0.2) is 9.13 Å². The maximum absolute atomic E-state index is 13.1. The maximum atomic E-state index is 13.1. The highest BCUT2D eigenvalue weighted by atomic mass is 31.2. The number of aliphatic hydroxyl groups excluding tert-OH is 1. The number of carbonyl (C=O) groups is 4. The lowest BCUT2D eigenvalue weighted by Gasteiger charge is -2.21. The third-order valence-electron chi connectivity index (χ3n) is 17.8. The first-order chi connectivity index (χ1) is 47.2. The highest BCUT2D eigenvalue weighted by molar-refractivity contribution is 7.47. The van der Waals surface area contributed by atoms with Crippen molar-refractivity contribution in [3.63, 3.8) is 0 Å². The summed E-state index contributed by atoms with van der Waals surface area (Å²) in [6.07, 6.45) is 59.2. The van der Waals surface area contributed by atoms with Crippen molar-refractivity contribution in [2.45, 2.75) is 401 Å². The van der Waals surface area contributed by atoms with Crippen LogP contribution >= 0.6 is 15.6 Å². The molecular weight excluding hydrogens is 1280 g/mol. The second kappa shape index (κ2) is 68.9. The average molecular weight is 1430 g/mol. The smallest absolute Gasteiger partial charge is 0.462 e. The Labute approximate surface area is 599 Å². The quantitative estimate of drug-likeness (QED) is 0.0169. The first-order valence-corrected chi connectivity index (χ1v) is 43.2. The summed E-state index contributed by atoms with van der Waals surface area (Å²) >= 11 is 0. The van der Waals surface area contributed by atoms with Gasteiger partial charge in [0.1, 0.15) is 19.3 Å². The fourth-order valence-electron chi connectivity index (χ4n) is 11.6. The van der Waals surface area contributed by atoms with Crippen LogP contribution in [0.2, 0.25) is 0 Å². The van der Waals surface area contributed by atoms with Gasteiger partial charge >= 0.3 is 39.5 Å². The van der Waals surface area contributed by atoms with E-state index < -0.39 is 97.5 Å². The second-order valence-electron chi connectivity index (χ2n) is 29.2. The molecule has 98 heavy (non-hydrogen) atoms. The Bertz CT molecular complexity index is 2000. The minimum atomic E-state index is -4.97. The molecule has 0 aromatic heterocycles. The van der Waals surface area contributed by atoms with Crippen LogP contribution in [0.3, 0.4) is 0 Å². The number of hydrogen-bond donors (Lipinski definition) is 3. The summed E-state index contributed by atoms with van der Waals surface area (Å²) in [6, 6.07) is 0. The first kappa shape index (κ1) is 95.5. The van der Waals surface area contributed by atoms with Gasteiger partial charge in [0.25, 0.3) is 0 Å². The molecule has 0 rings (SSSR count). The molecular formula is C79H150O17P2. The van der Waals surface area contributed by atoms with Gasteiger partial charge < -0.3 is 33.8 Å². The zero-order valence-corrected chi connectivity index (χ0v) is 65.5. The van der Waals surface area contributed by atoms with Gasteiger partial charge in [-0.1, -0.05) is 330 Å². The molecule has 578 valence electrons. The van der Waals surface area contributed by atoms with Crippen LogP contribution in [0.1, 0.15) is 382 Å². The molecule has 0 spiro atoms. The van der Waals surface area contributed by atoms with Crippen LogP contribution < -0.4 is 0 Å². The summed E-state index contributed by atoms with van der Waals surface area (Å²) in [7, 11) is -9.93. The van der Waals surface area contributed by atoms with Crippen LogP contribution in [0.15, 0.2) is 24.3 Å². The fraction of sp³-hybridized carbons (Fsp3) is 0.899. The van der Waals surface area contributed by atoms with Gasteiger partial charge in [-0.05, 0) is 69.1 Å².